The average molecular weight is 225 g/mol. The first-order valence-corrected chi connectivity index (χ1v) is 4.48. The molecule has 0 atom stereocenters. The quantitative estimate of drug-likeness (QED) is 0.802. The van der Waals surface area contributed by atoms with Crippen LogP contribution in [0.3, 0.4) is 0 Å². The summed E-state index contributed by atoms with van der Waals surface area (Å²) in [6, 6.07) is 9.96. The second-order valence-corrected chi connectivity index (χ2v) is 3.26. The van der Waals surface area contributed by atoms with Crippen molar-refractivity contribution in [1.82, 2.24) is 0 Å². The van der Waals surface area contributed by atoms with Gasteiger partial charge >= 0.3 is 0 Å². The van der Waals surface area contributed by atoms with Crippen molar-refractivity contribution in [3.05, 3.63) is 28.7 Å². The van der Waals surface area contributed by atoms with Gasteiger partial charge in [0.2, 0.25) is 0 Å². The molecule has 0 saturated heterocycles. The summed E-state index contributed by atoms with van der Waals surface area (Å²) in [5.74, 6) is 0. The fourth-order valence-electron chi connectivity index (χ4n) is 0.830. The number of rotatable bonds is 3. The minimum absolute atomic E-state index is 0.538. The van der Waals surface area contributed by atoms with Crippen LogP contribution in [0.15, 0.2) is 28.7 Å². The summed E-state index contributed by atoms with van der Waals surface area (Å²) in [5, 5.41) is 11.4. The van der Waals surface area contributed by atoms with Gasteiger partial charge in [-0.1, -0.05) is 15.9 Å². The van der Waals surface area contributed by atoms with E-state index in [1.54, 1.807) is 0 Å². The van der Waals surface area contributed by atoms with Gasteiger partial charge in [0, 0.05) is 16.7 Å². The van der Waals surface area contributed by atoms with Crippen molar-refractivity contribution in [1.29, 1.82) is 5.26 Å². The normalized spacial score (nSPS) is 9.00. The SMILES string of the molecule is N#CCCNc1ccc(Br)cc1. The molecule has 0 saturated carbocycles. The van der Waals surface area contributed by atoms with Crippen LogP contribution in [0.1, 0.15) is 6.42 Å². The van der Waals surface area contributed by atoms with Crippen molar-refractivity contribution in [3.63, 3.8) is 0 Å². The molecule has 0 spiro atoms. The molecule has 0 fully saturated rings. The number of anilines is 1. The molecule has 0 heterocycles. The Morgan fingerprint density at radius 2 is 2.00 bits per heavy atom. The van der Waals surface area contributed by atoms with Crippen LogP contribution < -0.4 is 5.32 Å². The van der Waals surface area contributed by atoms with Gasteiger partial charge in [0.1, 0.15) is 0 Å². The Labute approximate surface area is 80.3 Å². The summed E-state index contributed by atoms with van der Waals surface area (Å²) in [6.45, 7) is 0.706. The Hall–Kier alpha value is -1.01. The zero-order valence-electron chi connectivity index (χ0n) is 6.55. The first-order chi connectivity index (χ1) is 5.83. The molecular weight excluding hydrogens is 216 g/mol. The fraction of sp³-hybridized carbons (Fsp3) is 0.222. The Kier molecular flexibility index (Phi) is 3.62. The van der Waals surface area contributed by atoms with E-state index >= 15 is 0 Å². The minimum Gasteiger partial charge on any atom is -0.384 e. The largest absolute Gasteiger partial charge is 0.384 e. The Morgan fingerprint density at radius 1 is 1.33 bits per heavy atom. The van der Waals surface area contributed by atoms with Crippen molar-refractivity contribution in [2.24, 2.45) is 0 Å². The van der Waals surface area contributed by atoms with Crippen molar-refractivity contribution in [2.45, 2.75) is 6.42 Å². The molecule has 0 amide bonds. The standard InChI is InChI=1S/C9H9BrN2/c10-8-2-4-9(5-3-8)12-7-1-6-11/h2-5,12H,1,7H2. The van der Waals surface area contributed by atoms with E-state index in [1.165, 1.54) is 0 Å². The van der Waals surface area contributed by atoms with E-state index in [1.807, 2.05) is 24.3 Å². The summed E-state index contributed by atoms with van der Waals surface area (Å²) in [4.78, 5) is 0. The van der Waals surface area contributed by atoms with Crippen LogP contribution in [0.5, 0.6) is 0 Å². The number of halogens is 1. The number of nitrogens with zero attached hydrogens (tertiary/aromatic N) is 1. The highest BCUT2D eigenvalue weighted by molar-refractivity contribution is 9.10. The summed E-state index contributed by atoms with van der Waals surface area (Å²) in [6.07, 6.45) is 0.538. The van der Waals surface area contributed by atoms with E-state index in [-0.39, 0.29) is 0 Å². The highest BCUT2D eigenvalue weighted by atomic mass is 79.9. The molecule has 3 heteroatoms. The molecular formula is C9H9BrN2. The maximum absolute atomic E-state index is 8.29. The molecule has 1 N–H and O–H groups in total. The van der Waals surface area contributed by atoms with Gasteiger partial charge in [-0.05, 0) is 24.3 Å². The first kappa shape index (κ1) is 9.08. The van der Waals surface area contributed by atoms with E-state index in [0.717, 1.165) is 10.2 Å². The second kappa shape index (κ2) is 4.78. The molecule has 0 aliphatic rings. The number of benzene rings is 1. The van der Waals surface area contributed by atoms with Gasteiger partial charge in [-0.25, -0.2) is 0 Å². The van der Waals surface area contributed by atoms with Gasteiger partial charge in [0.15, 0.2) is 0 Å². The Bertz CT molecular complexity index is 274. The predicted octanol–water partition coefficient (Wildman–Crippen LogP) is 2.77. The number of nitrogens with one attached hydrogen (secondary N) is 1. The van der Waals surface area contributed by atoms with E-state index in [0.29, 0.717) is 13.0 Å². The molecule has 62 valence electrons. The molecule has 12 heavy (non-hydrogen) atoms. The minimum atomic E-state index is 0.538. The number of hydrogen-bond acceptors (Lipinski definition) is 2. The van der Waals surface area contributed by atoms with Crippen LogP contribution in [-0.4, -0.2) is 6.54 Å². The lowest BCUT2D eigenvalue weighted by molar-refractivity contribution is 1.08. The van der Waals surface area contributed by atoms with Gasteiger partial charge in [0.25, 0.3) is 0 Å². The zero-order valence-corrected chi connectivity index (χ0v) is 8.13. The Balaban J connectivity index is 2.43. The van der Waals surface area contributed by atoms with Crippen molar-refractivity contribution < 1.29 is 0 Å². The molecule has 2 nitrogen and oxygen atoms in total. The molecule has 1 rings (SSSR count). The second-order valence-electron chi connectivity index (χ2n) is 2.34. The highest BCUT2D eigenvalue weighted by Crippen LogP contribution is 2.13. The van der Waals surface area contributed by atoms with E-state index in [4.69, 9.17) is 5.26 Å². The van der Waals surface area contributed by atoms with Crippen molar-refractivity contribution in [3.8, 4) is 6.07 Å². The molecule has 0 unspecified atom stereocenters. The fourth-order valence-corrected chi connectivity index (χ4v) is 1.09. The Morgan fingerprint density at radius 3 is 2.58 bits per heavy atom. The van der Waals surface area contributed by atoms with Gasteiger partial charge < -0.3 is 5.32 Å². The smallest absolute Gasteiger partial charge is 0.0640 e. The van der Waals surface area contributed by atoms with E-state index in [9.17, 15) is 0 Å². The van der Waals surface area contributed by atoms with Crippen LogP contribution in [-0.2, 0) is 0 Å². The van der Waals surface area contributed by atoms with Crippen LogP contribution in [0, 0.1) is 11.3 Å². The van der Waals surface area contributed by atoms with Crippen LogP contribution in [0.4, 0.5) is 5.69 Å². The van der Waals surface area contributed by atoms with Gasteiger partial charge in [-0.15, -0.1) is 0 Å². The third-order valence-electron chi connectivity index (χ3n) is 1.41. The maximum atomic E-state index is 8.29. The summed E-state index contributed by atoms with van der Waals surface area (Å²) in [5.41, 5.74) is 1.05. The first-order valence-electron chi connectivity index (χ1n) is 3.69. The van der Waals surface area contributed by atoms with Gasteiger partial charge in [-0.3, -0.25) is 0 Å². The van der Waals surface area contributed by atoms with Crippen LogP contribution in [0.25, 0.3) is 0 Å². The predicted molar refractivity (Wildman–Crippen MR) is 52.9 cm³/mol. The summed E-state index contributed by atoms with van der Waals surface area (Å²) in [7, 11) is 0. The van der Waals surface area contributed by atoms with Gasteiger partial charge in [-0.2, -0.15) is 5.26 Å². The molecule has 0 bridgehead atoms. The summed E-state index contributed by atoms with van der Waals surface area (Å²) >= 11 is 3.35. The lowest BCUT2D eigenvalue weighted by atomic mass is 10.3. The van der Waals surface area contributed by atoms with Crippen molar-refractivity contribution >= 4 is 21.6 Å². The number of nitriles is 1. The molecule has 1 aromatic rings. The molecule has 0 aromatic heterocycles. The van der Waals surface area contributed by atoms with E-state index < -0.39 is 0 Å². The monoisotopic (exact) mass is 224 g/mol. The van der Waals surface area contributed by atoms with Crippen LogP contribution >= 0.6 is 15.9 Å². The third-order valence-corrected chi connectivity index (χ3v) is 1.94. The van der Waals surface area contributed by atoms with Gasteiger partial charge in [0.05, 0.1) is 12.5 Å². The average Bonchev–Trinajstić information content (AvgIpc) is 2.09. The zero-order chi connectivity index (χ0) is 8.81. The number of hydrogen-bond donors (Lipinski definition) is 1. The lowest BCUT2D eigenvalue weighted by Crippen LogP contribution is -1.99. The van der Waals surface area contributed by atoms with Crippen molar-refractivity contribution in [2.75, 3.05) is 11.9 Å². The lowest BCUT2D eigenvalue weighted by Gasteiger charge is -2.02. The summed E-state index contributed by atoms with van der Waals surface area (Å²) < 4.78 is 1.06. The third kappa shape index (κ3) is 2.93. The maximum Gasteiger partial charge on any atom is 0.0640 e. The molecule has 0 aliphatic heterocycles. The highest BCUT2D eigenvalue weighted by Gasteiger charge is 1.89. The molecule has 0 radical (unpaired) electrons. The molecule has 1 aromatic carbocycles. The molecule has 0 aliphatic carbocycles. The topological polar surface area (TPSA) is 35.8 Å². The van der Waals surface area contributed by atoms with Crippen LogP contribution in [0.2, 0.25) is 0 Å². The van der Waals surface area contributed by atoms with E-state index in [2.05, 4.69) is 27.3 Å².